The van der Waals surface area contributed by atoms with Gasteiger partial charge >= 0.3 is 0 Å². The van der Waals surface area contributed by atoms with Crippen LogP contribution in [-0.2, 0) is 13.0 Å². The van der Waals surface area contributed by atoms with E-state index in [0.29, 0.717) is 17.1 Å². The van der Waals surface area contributed by atoms with Crippen LogP contribution in [0.4, 0.5) is 4.39 Å². The zero-order chi connectivity index (χ0) is 13.7. The van der Waals surface area contributed by atoms with E-state index < -0.39 is 0 Å². The van der Waals surface area contributed by atoms with Gasteiger partial charge in [-0.1, -0.05) is 29.8 Å². The molecular formula is C15H15ClFNO. The van der Waals surface area contributed by atoms with E-state index in [9.17, 15) is 4.39 Å². The molecule has 0 aliphatic carbocycles. The largest absolute Gasteiger partial charge is 0.489 e. The minimum atomic E-state index is -0.319. The highest BCUT2D eigenvalue weighted by molar-refractivity contribution is 6.30. The van der Waals surface area contributed by atoms with E-state index in [1.807, 2.05) is 24.3 Å². The molecule has 0 aliphatic heterocycles. The monoisotopic (exact) mass is 279 g/mol. The van der Waals surface area contributed by atoms with Gasteiger partial charge < -0.3 is 10.5 Å². The molecule has 0 amide bonds. The Bertz CT molecular complexity index is 560. The van der Waals surface area contributed by atoms with E-state index in [2.05, 4.69) is 0 Å². The lowest BCUT2D eigenvalue weighted by Crippen LogP contribution is -2.06. The van der Waals surface area contributed by atoms with E-state index in [-0.39, 0.29) is 12.4 Å². The fraction of sp³-hybridized carbons (Fsp3) is 0.200. The summed E-state index contributed by atoms with van der Waals surface area (Å²) in [4.78, 5) is 0. The molecule has 2 aromatic rings. The average Bonchev–Trinajstić information content (AvgIpc) is 2.42. The molecule has 4 heteroatoms. The number of hydrogen-bond donors (Lipinski definition) is 1. The Morgan fingerprint density at radius 1 is 1.11 bits per heavy atom. The smallest absolute Gasteiger partial charge is 0.129 e. The summed E-state index contributed by atoms with van der Waals surface area (Å²) in [7, 11) is 0. The Hall–Kier alpha value is -1.58. The SMILES string of the molecule is NCCc1ccccc1OCc1cc(Cl)ccc1F. The van der Waals surface area contributed by atoms with Crippen molar-refractivity contribution < 1.29 is 9.13 Å². The summed E-state index contributed by atoms with van der Waals surface area (Å²) in [5.74, 6) is 0.410. The van der Waals surface area contributed by atoms with Gasteiger partial charge in [-0.25, -0.2) is 4.39 Å². The molecular weight excluding hydrogens is 265 g/mol. The van der Waals surface area contributed by atoms with E-state index in [4.69, 9.17) is 22.1 Å². The molecule has 0 atom stereocenters. The molecule has 19 heavy (non-hydrogen) atoms. The molecule has 2 N–H and O–H groups in total. The van der Waals surface area contributed by atoms with Crippen LogP contribution in [0.25, 0.3) is 0 Å². The van der Waals surface area contributed by atoms with Crippen molar-refractivity contribution in [2.75, 3.05) is 6.54 Å². The average molecular weight is 280 g/mol. The first-order valence-corrected chi connectivity index (χ1v) is 6.43. The number of benzene rings is 2. The van der Waals surface area contributed by atoms with E-state index >= 15 is 0 Å². The molecule has 0 aliphatic rings. The number of halogens is 2. The molecule has 100 valence electrons. The Labute approximate surface area is 117 Å². The van der Waals surface area contributed by atoms with Crippen LogP contribution in [0.5, 0.6) is 5.75 Å². The molecule has 0 heterocycles. The molecule has 0 aromatic heterocycles. The van der Waals surface area contributed by atoms with Crippen molar-refractivity contribution in [1.82, 2.24) is 0 Å². The first-order chi connectivity index (χ1) is 9.20. The van der Waals surface area contributed by atoms with E-state index in [1.54, 1.807) is 6.07 Å². The molecule has 0 unspecified atom stereocenters. The number of ether oxygens (including phenoxy) is 1. The van der Waals surface area contributed by atoms with Crippen molar-refractivity contribution in [2.45, 2.75) is 13.0 Å². The zero-order valence-electron chi connectivity index (χ0n) is 10.4. The predicted octanol–water partition coefficient (Wildman–Crippen LogP) is 3.56. The van der Waals surface area contributed by atoms with Crippen LogP contribution in [0.2, 0.25) is 5.02 Å². The molecule has 0 radical (unpaired) electrons. The van der Waals surface area contributed by atoms with Gasteiger partial charge in [0.2, 0.25) is 0 Å². The summed E-state index contributed by atoms with van der Waals surface area (Å²) in [6.45, 7) is 0.694. The highest BCUT2D eigenvalue weighted by atomic mass is 35.5. The lowest BCUT2D eigenvalue weighted by molar-refractivity contribution is 0.297. The maximum Gasteiger partial charge on any atom is 0.129 e. The van der Waals surface area contributed by atoms with Crippen LogP contribution in [0.15, 0.2) is 42.5 Å². The second-order valence-corrected chi connectivity index (χ2v) is 4.61. The third-order valence-electron chi connectivity index (χ3n) is 2.78. The molecule has 2 rings (SSSR count). The van der Waals surface area contributed by atoms with Crippen molar-refractivity contribution in [1.29, 1.82) is 0 Å². The van der Waals surface area contributed by atoms with Crippen LogP contribution in [0, 0.1) is 5.82 Å². The van der Waals surface area contributed by atoms with E-state index in [1.165, 1.54) is 12.1 Å². The van der Waals surface area contributed by atoms with Crippen molar-refractivity contribution in [3.8, 4) is 5.75 Å². The van der Waals surface area contributed by atoms with Crippen LogP contribution in [0.3, 0.4) is 0 Å². The predicted molar refractivity (Wildman–Crippen MR) is 74.9 cm³/mol. The Kier molecular flexibility index (Phi) is 4.77. The highest BCUT2D eigenvalue weighted by Gasteiger charge is 2.06. The van der Waals surface area contributed by atoms with Gasteiger partial charge in [-0.15, -0.1) is 0 Å². The Morgan fingerprint density at radius 2 is 1.89 bits per heavy atom. The molecule has 0 saturated carbocycles. The second kappa shape index (κ2) is 6.55. The van der Waals surface area contributed by atoms with Crippen molar-refractivity contribution in [3.05, 3.63) is 64.4 Å². The number of nitrogens with two attached hydrogens (primary N) is 1. The quantitative estimate of drug-likeness (QED) is 0.908. The number of para-hydroxylation sites is 1. The van der Waals surface area contributed by atoms with Crippen LogP contribution >= 0.6 is 11.6 Å². The second-order valence-electron chi connectivity index (χ2n) is 4.17. The fourth-order valence-electron chi connectivity index (χ4n) is 1.82. The fourth-order valence-corrected chi connectivity index (χ4v) is 2.01. The summed E-state index contributed by atoms with van der Waals surface area (Å²) >= 11 is 5.84. The van der Waals surface area contributed by atoms with Gasteiger partial charge in [-0.3, -0.25) is 0 Å². The lowest BCUT2D eigenvalue weighted by atomic mass is 10.1. The number of rotatable bonds is 5. The normalized spacial score (nSPS) is 10.5. The molecule has 2 aromatic carbocycles. The van der Waals surface area contributed by atoms with Crippen LogP contribution < -0.4 is 10.5 Å². The van der Waals surface area contributed by atoms with Crippen molar-refractivity contribution in [3.63, 3.8) is 0 Å². The van der Waals surface area contributed by atoms with Gasteiger partial charge in [0.1, 0.15) is 18.2 Å². The van der Waals surface area contributed by atoms with Gasteiger partial charge in [-0.05, 0) is 42.8 Å². The summed E-state index contributed by atoms with van der Waals surface area (Å²) in [6, 6.07) is 12.0. The number of hydrogen-bond acceptors (Lipinski definition) is 2. The maximum absolute atomic E-state index is 13.6. The first kappa shape index (κ1) is 13.8. The van der Waals surface area contributed by atoms with Crippen LogP contribution in [0.1, 0.15) is 11.1 Å². The first-order valence-electron chi connectivity index (χ1n) is 6.05. The van der Waals surface area contributed by atoms with E-state index in [0.717, 1.165) is 17.7 Å². The van der Waals surface area contributed by atoms with Crippen molar-refractivity contribution in [2.24, 2.45) is 5.73 Å². The molecule has 0 saturated heterocycles. The summed E-state index contributed by atoms with van der Waals surface area (Å²) < 4.78 is 19.2. The Morgan fingerprint density at radius 3 is 2.68 bits per heavy atom. The maximum atomic E-state index is 13.6. The van der Waals surface area contributed by atoms with Crippen LogP contribution in [-0.4, -0.2) is 6.54 Å². The van der Waals surface area contributed by atoms with Gasteiger partial charge in [0, 0.05) is 10.6 Å². The molecule has 0 fully saturated rings. The van der Waals surface area contributed by atoms with Gasteiger partial charge in [-0.2, -0.15) is 0 Å². The summed E-state index contributed by atoms with van der Waals surface area (Å²) in [6.07, 6.45) is 0.730. The summed E-state index contributed by atoms with van der Waals surface area (Å²) in [5, 5.41) is 0.496. The lowest BCUT2D eigenvalue weighted by Gasteiger charge is -2.11. The standard InChI is InChI=1S/C15H15ClFNO/c16-13-5-6-14(17)12(9-13)10-19-15-4-2-1-3-11(15)7-8-18/h1-6,9H,7-8,10,18H2. The molecule has 2 nitrogen and oxygen atoms in total. The highest BCUT2D eigenvalue weighted by Crippen LogP contribution is 2.21. The van der Waals surface area contributed by atoms with Gasteiger partial charge in [0.25, 0.3) is 0 Å². The minimum absolute atomic E-state index is 0.147. The molecule has 0 spiro atoms. The molecule has 0 bridgehead atoms. The third kappa shape index (κ3) is 3.69. The summed E-state index contributed by atoms with van der Waals surface area (Å²) in [5.41, 5.74) is 7.01. The van der Waals surface area contributed by atoms with Gasteiger partial charge in [0.15, 0.2) is 0 Å². The Balaban J connectivity index is 2.12. The third-order valence-corrected chi connectivity index (χ3v) is 3.01. The topological polar surface area (TPSA) is 35.2 Å². The van der Waals surface area contributed by atoms with Gasteiger partial charge in [0.05, 0.1) is 0 Å². The zero-order valence-corrected chi connectivity index (χ0v) is 11.2. The minimum Gasteiger partial charge on any atom is -0.489 e. The van der Waals surface area contributed by atoms with Crippen molar-refractivity contribution >= 4 is 11.6 Å².